The molecular formula is C8H8INO. The van der Waals surface area contributed by atoms with Crippen LogP contribution in [0.2, 0.25) is 0 Å². The summed E-state index contributed by atoms with van der Waals surface area (Å²) in [6, 6.07) is 7.81. The first-order valence-electron chi connectivity index (χ1n) is 3.18. The van der Waals surface area contributed by atoms with E-state index in [1.807, 2.05) is 24.3 Å². The van der Waals surface area contributed by atoms with Crippen LogP contribution in [0.1, 0.15) is 12.5 Å². The van der Waals surface area contributed by atoms with Crippen LogP contribution in [-0.4, -0.2) is 10.9 Å². The van der Waals surface area contributed by atoms with Gasteiger partial charge in [0.05, 0.1) is 5.71 Å². The lowest BCUT2D eigenvalue weighted by Gasteiger charge is -1.96. The van der Waals surface area contributed by atoms with Gasteiger partial charge in [-0.2, -0.15) is 0 Å². The fourth-order valence-corrected chi connectivity index (χ4v) is 1.11. The largest absolute Gasteiger partial charge is 0.411 e. The van der Waals surface area contributed by atoms with Gasteiger partial charge in [0.1, 0.15) is 0 Å². The minimum atomic E-state index is 0.640. The van der Waals surface area contributed by atoms with Crippen LogP contribution in [0.4, 0.5) is 0 Å². The third-order valence-electron chi connectivity index (χ3n) is 1.41. The summed E-state index contributed by atoms with van der Waals surface area (Å²) in [5.74, 6) is 0. The van der Waals surface area contributed by atoms with Crippen LogP contribution in [-0.2, 0) is 0 Å². The van der Waals surface area contributed by atoms with E-state index < -0.39 is 0 Å². The second-order valence-corrected chi connectivity index (χ2v) is 3.44. The molecule has 0 heterocycles. The maximum Gasteiger partial charge on any atom is 0.0836 e. The van der Waals surface area contributed by atoms with Gasteiger partial charge in [0.2, 0.25) is 0 Å². The van der Waals surface area contributed by atoms with Crippen LogP contribution >= 0.6 is 22.6 Å². The van der Waals surface area contributed by atoms with E-state index in [2.05, 4.69) is 27.7 Å². The van der Waals surface area contributed by atoms with Gasteiger partial charge in [-0.15, -0.1) is 0 Å². The predicted octanol–water partition coefficient (Wildman–Crippen LogP) is 2.49. The molecule has 1 aromatic carbocycles. The van der Waals surface area contributed by atoms with Gasteiger partial charge in [-0.1, -0.05) is 17.3 Å². The molecule has 0 aliphatic rings. The van der Waals surface area contributed by atoms with Crippen molar-refractivity contribution in [1.29, 1.82) is 0 Å². The molecule has 0 fully saturated rings. The number of oxime groups is 1. The van der Waals surface area contributed by atoms with Crippen LogP contribution in [0.3, 0.4) is 0 Å². The zero-order valence-electron chi connectivity index (χ0n) is 6.08. The van der Waals surface area contributed by atoms with Crippen molar-refractivity contribution in [3.05, 3.63) is 33.4 Å². The first kappa shape index (κ1) is 8.52. The number of hydrogen-bond donors (Lipinski definition) is 1. The summed E-state index contributed by atoms with van der Waals surface area (Å²) in [6.45, 7) is 1.77. The fraction of sp³-hybridized carbons (Fsp3) is 0.125. The summed E-state index contributed by atoms with van der Waals surface area (Å²) in [5.41, 5.74) is 1.59. The number of rotatable bonds is 1. The van der Waals surface area contributed by atoms with Gasteiger partial charge in [0, 0.05) is 3.57 Å². The molecule has 0 unspecified atom stereocenters. The highest BCUT2D eigenvalue weighted by molar-refractivity contribution is 14.1. The normalized spacial score (nSPS) is 11.6. The highest BCUT2D eigenvalue weighted by Crippen LogP contribution is 2.07. The van der Waals surface area contributed by atoms with E-state index in [-0.39, 0.29) is 0 Å². The number of nitrogens with zero attached hydrogens (tertiary/aromatic N) is 1. The number of benzene rings is 1. The minimum Gasteiger partial charge on any atom is -0.411 e. The summed E-state index contributed by atoms with van der Waals surface area (Å²) in [5, 5.41) is 11.5. The van der Waals surface area contributed by atoms with E-state index in [0.29, 0.717) is 5.71 Å². The van der Waals surface area contributed by atoms with Crippen LogP contribution in [0.5, 0.6) is 0 Å². The van der Waals surface area contributed by atoms with E-state index in [4.69, 9.17) is 5.21 Å². The molecule has 0 atom stereocenters. The Balaban J connectivity index is 2.99. The highest BCUT2D eigenvalue weighted by atomic mass is 127. The first-order chi connectivity index (χ1) is 5.24. The van der Waals surface area contributed by atoms with Crippen molar-refractivity contribution in [3.63, 3.8) is 0 Å². The second kappa shape index (κ2) is 3.71. The van der Waals surface area contributed by atoms with Crippen molar-refractivity contribution < 1.29 is 5.21 Å². The Morgan fingerprint density at radius 1 is 1.36 bits per heavy atom. The van der Waals surface area contributed by atoms with Gasteiger partial charge in [-0.25, -0.2) is 0 Å². The van der Waals surface area contributed by atoms with E-state index in [1.54, 1.807) is 6.92 Å². The molecule has 1 N–H and O–H groups in total. The zero-order chi connectivity index (χ0) is 8.27. The third-order valence-corrected chi connectivity index (χ3v) is 2.13. The Hall–Kier alpha value is -0.580. The maximum atomic E-state index is 8.44. The van der Waals surface area contributed by atoms with Crippen molar-refractivity contribution in [2.75, 3.05) is 0 Å². The molecule has 1 aromatic rings. The molecule has 0 saturated heterocycles. The van der Waals surface area contributed by atoms with Crippen LogP contribution in [0, 0.1) is 3.57 Å². The van der Waals surface area contributed by atoms with Crippen LogP contribution in [0.25, 0.3) is 0 Å². The van der Waals surface area contributed by atoms with Crippen LogP contribution in [0.15, 0.2) is 29.4 Å². The molecule has 0 saturated carbocycles. The first-order valence-corrected chi connectivity index (χ1v) is 4.26. The average molecular weight is 261 g/mol. The van der Waals surface area contributed by atoms with E-state index in [1.165, 1.54) is 3.57 Å². The minimum absolute atomic E-state index is 0.640. The van der Waals surface area contributed by atoms with E-state index in [0.717, 1.165) is 5.56 Å². The van der Waals surface area contributed by atoms with Gasteiger partial charge in [-0.3, -0.25) is 0 Å². The maximum absolute atomic E-state index is 8.44. The van der Waals surface area contributed by atoms with Gasteiger partial charge >= 0.3 is 0 Å². The molecule has 0 aliphatic carbocycles. The lowest BCUT2D eigenvalue weighted by molar-refractivity contribution is 0.319. The molecule has 1 rings (SSSR count). The Morgan fingerprint density at radius 2 is 1.91 bits per heavy atom. The van der Waals surface area contributed by atoms with E-state index >= 15 is 0 Å². The summed E-state index contributed by atoms with van der Waals surface area (Å²) >= 11 is 2.23. The van der Waals surface area contributed by atoms with Crippen LogP contribution < -0.4 is 0 Å². The van der Waals surface area contributed by atoms with Gasteiger partial charge < -0.3 is 5.21 Å². The number of hydrogen-bond acceptors (Lipinski definition) is 2. The van der Waals surface area contributed by atoms with Crippen molar-refractivity contribution in [3.8, 4) is 0 Å². The zero-order valence-corrected chi connectivity index (χ0v) is 8.24. The molecule has 3 heteroatoms. The lowest BCUT2D eigenvalue weighted by Crippen LogP contribution is -1.93. The molecule has 0 aromatic heterocycles. The molecule has 0 radical (unpaired) electrons. The van der Waals surface area contributed by atoms with Crippen molar-refractivity contribution in [2.24, 2.45) is 5.16 Å². The lowest BCUT2D eigenvalue weighted by atomic mass is 10.1. The van der Waals surface area contributed by atoms with Crippen molar-refractivity contribution in [2.45, 2.75) is 6.92 Å². The molecule has 0 spiro atoms. The third kappa shape index (κ3) is 2.18. The molecule has 0 aliphatic heterocycles. The molecule has 58 valence electrons. The quantitative estimate of drug-likeness (QED) is 0.358. The monoisotopic (exact) mass is 261 g/mol. The average Bonchev–Trinajstić information content (AvgIpc) is 2.05. The Bertz CT molecular complexity index is 266. The summed E-state index contributed by atoms with van der Waals surface area (Å²) < 4.78 is 1.18. The fourth-order valence-electron chi connectivity index (χ4n) is 0.749. The van der Waals surface area contributed by atoms with Gasteiger partial charge in [0.25, 0.3) is 0 Å². The number of halogens is 1. The molecule has 2 nitrogen and oxygen atoms in total. The Labute approximate surface area is 79.1 Å². The SMILES string of the molecule is C/C(=N\O)c1ccc(I)cc1. The van der Waals surface area contributed by atoms with Crippen molar-refractivity contribution in [1.82, 2.24) is 0 Å². The van der Waals surface area contributed by atoms with E-state index in [9.17, 15) is 0 Å². The molecule has 11 heavy (non-hydrogen) atoms. The molecular weight excluding hydrogens is 253 g/mol. The molecule has 0 amide bonds. The van der Waals surface area contributed by atoms with Gasteiger partial charge in [0.15, 0.2) is 0 Å². The Kier molecular flexibility index (Phi) is 2.87. The molecule has 0 bridgehead atoms. The summed E-state index contributed by atoms with van der Waals surface area (Å²) in [4.78, 5) is 0. The summed E-state index contributed by atoms with van der Waals surface area (Å²) in [7, 11) is 0. The second-order valence-electron chi connectivity index (χ2n) is 2.19. The standard InChI is InChI=1S/C8H8INO/c1-6(10-11)7-2-4-8(9)5-3-7/h2-5,11H,1H3/b10-6+. The van der Waals surface area contributed by atoms with Gasteiger partial charge in [-0.05, 0) is 47.2 Å². The summed E-state index contributed by atoms with van der Waals surface area (Å²) in [6.07, 6.45) is 0. The smallest absolute Gasteiger partial charge is 0.0836 e. The predicted molar refractivity (Wildman–Crippen MR) is 53.2 cm³/mol. The van der Waals surface area contributed by atoms with Crippen molar-refractivity contribution >= 4 is 28.3 Å². The topological polar surface area (TPSA) is 32.6 Å². The Morgan fingerprint density at radius 3 is 2.36 bits per heavy atom. The highest BCUT2D eigenvalue weighted by Gasteiger charge is 1.95.